The summed E-state index contributed by atoms with van der Waals surface area (Å²) in [5.74, 6) is -1.62. The molecule has 0 bridgehead atoms. The molecule has 484 valence electrons. The zero-order valence-corrected chi connectivity index (χ0v) is 52.7. The molecule has 0 spiro atoms. The van der Waals surface area contributed by atoms with E-state index in [0.717, 1.165) is 37.5 Å². The Balaban J connectivity index is 1.07. The number of para-hydroxylation sites is 1. The van der Waals surface area contributed by atoms with Gasteiger partial charge >= 0.3 is 31.6 Å². The normalized spacial score (nSPS) is 20.7. The van der Waals surface area contributed by atoms with Gasteiger partial charge in [0.25, 0.3) is 5.91 Å². The molecule has 0 radical (unpaired) electrons. The molecule has 1 unspecified atom stereocenters. The first-order valence-corrected chi connectivity index (χ1v) is 30.7. The van der Waals surface area contributed by atoms with Crippen molar-refractivity contribution in [2.24, 2.45) is 0 Å². The molecule has 0 saturated carbocycles. The van der Waals surface area contributed by atoms with E-state index in [1.807, 2.05) is 113 Å². The van der Waals surface area contributed by atoms with E-state index in [9.17, 15) is 24.0 Å². The Bertz CT molecular complexity index is 3320. The number of imidazole rings is 1. The third kappa shape index (κ3) is 17.1. The zero-order valence-electron chi connectivity index (χ0n) is 51.8. The van der Waals surface area contributed by atoms with Crippen LogP contribution in [0.2, 0.25) is 0 Å². The molecular weight excluding hydrogens is 1190 g/mol. The fraction of sp³-hybridized carbons (Fsp3) is 0.460. The summed E-state index contributed by atoms with van der Waals surface area (Å²) < 4.78 is 104. The topological polar surface area (TPSA) is 291 Å². The molecule has 2 fully saturated rings. The van der Waals surface area contributed by atoms with Gasteiger partial charge in [-0.15, -0.1) is 0 Å². The highest BCUT2D eigenvalue weighted by molar-refractivity contribution is 7.51. The first-order chi connectivity index (χ1) is 43.2. The van der Waals surface area contributed by atoms with Crippen LogP contribution in [0.5, 0.6) is 17.2 Å². The number of esters is 4. The van der Waals surface area contributed by atoms with Gasteiger partial charge in [0.2, 0.25) is 0 Å². The van der Waals surface area contributed by atoms with Crippen LogP contribution in [0.15, 0.2) is 122 Å². The third-order valence-electron chi connectivity index (χ3n) is 14.4. The van der Waals surface area contributed by atoms with Crippen molar-refractivity contribution in [3.8, 4) is 17.2 Å². The van der Waals surface area contributed by atoms with Crippen LogP contribution >= 0.6 is 7.75 Å². The summed E-state index contributed by atoms with van der Waals surface area (Å²) in [6.45, 7) is 10.4. The van der Waals surface area contributed by atoms with Gasteiger partial charge in [0.05, 0.1) is 53.6 Å². The Morgan fingerprint density at radius 3 is 1.82 bits per heavy atom. The molecule has 1 amide bonds. The van der Waals surface area contributed by atoms with E-state index < -0.39 is 111 Å². The number of carbonyl (C=O) groups excluding carboxylic acids is 5. The quantitative estimate of drug-likeness (QED) is 0.0142. The number of anilines is 1. The number of methoxy groups -OCH3 is 2. The molecular formula is C63H77N6O20P. The van der Waals surface area contributed by atoms with Gasteiger partial charge in [-0.3, -0.25) is 37.6 Å². The molecule has 1 N–H and O–H groups in total. The average Bonchev–Trinajstić information content (AvgIpc) is 1.09. The van der Waals surface area contributed by atoms with Gasteiger partial charge in [0, 0.05) is 46.2 Å². The smallest absolute Gasteiger partial charge is 0.409 e. The summed E-state index contributed by atoms with van der Waals surface area (Å²) in [6, 6.07) is 33.0. The summed E-state index contributed by atoms with van der Waals surface area (Å²) in [5.41, 5.74) is 1.53. The van der Waals surface area contributed by atoms with Crippen LogP contribution in [-0.4, -0.2) is 169 Å². The van der Waals surface area contributed by atoms with Crippen molar-refractivity contribution < 1.29 is 94.4 Å². The molecule has 2 saturated heterocycles. The van der Waals surface area contributed by atoms with E-state index in [2.05, 4.69) is 20.3 Å². The number of rotatable bonds is 31. The van der Waals surface area contributed by atoms with Crippen LogP contribution in [0.1, 0.15) is 84.7 Å². The lowest BCUT2D eigenvalue weighted by Crippen LogP contribution is -2.63. The molecule has 2 aromatic heterocycles. The second kappa shape index (κ2) is 31.7. The van der Waals surface area contributed by atoms with Crippen molar-refractivity contribution in [3.63, 3.8) is 0 Å². The van der Waals surface area contributed by atoms with Gasteiger partial charge in [-0.25, -0.2) is 24.2 Å². The molecule has 2 aliphatic rings. The summed E-state index contributed by atoms with van der Waals surface area (Å²) >= 11 is 0. The lowest BCUT2D eigenvalue weighted by molar-refractivity contribution is -0.309. The number of amides is 1. The molecule has 90 heavy (non-hydrogen) atoms. The van der Waals surface area contributed by atoms with Gasteiger partial charge in [-0.2, -0.15) is 0 Å². The SMILES string of the molecule is COc1ccc(C(OC[C@H]2O[C@@H](n3cnc4c(NC(=O)COc5ccccc5)ncnc43)C[C@@H]2OP(=O)(OCCOCCO[C@@H]2O[C@H](COC(C)=O)[C@H](OC(C)=O)[C@H](OC(C)=O)[C@H]2OC(C)=O)N(C(C)C)C(C)C)(c2ccccc2)c2ccc(OC)cc2)cc1. The predicted octanol–water partition coefficient (Wildman–Crippen LogP) is 7.90. The molecule has 8 rings (SSSR count). The first-order valence-electron chi connectivity index (χ1n) is 29.2. The molecule has 4 aromatic carbocycles. The van der Waals surface area contributed by atoms with Crippen LogP contribution < -0.4 is 19.5 Å². The van der Waals surface area contributed by atoms with Crippen molar-refractivity contribution >= 4 is 54.5 Å². The minimum absolute atomic E-state index is 0.0595. The Morgan fingerprint density at radius 2 is 1.23 bits per heavy atom. The Labute approximate surface area is 521 Å². The Morgan fingerprint density at radius 1 is 0.656 bits per heavy atom. The van der Waals surface area contributed by atoms with E-state index in [0.29, 0.717) is 22.9 Å². The minimum atomic E-state index is -4.38. The number of nitrogens with one attached hydrogen (secondary N) is 1. The molecule has 0 aliphatic carbocycles. The Kier molecular flexibility index (Phi) is 24.0. The van der Waals surface area contributed by atoms with Crippen molar-refractivity contribution in [1.29, 1.82) is 0 Å². The maximum Gasteiger partial charge on any atom is 0.409 e. The van der Waals surface area contributed by atoms with E-state index in [4.69, 9.17) is 65.9 Å². The fourth-order valence-corrected chi connectivity index (χ4v) is 13.0. The van der Waals surface area contributed by atoms with Gasteiger partial charge in [0.1, 0.15) is 60.3 Å². The monoisotopic (exact) mass is 1270 g/mol. The lowest BCUT2D eigenvalue weighted by Gasteiger charge is -2.44. The number of ether oxygens (including phenoxy) is 12. The summed E-state index contributed by atoms with van der Waals surface area (Å²) in [5, 5.41) is 2.79. The van der Waals surface area contributed by atoms with Crippen molar-refractivity contribution in [1.82, 2.24) is 24.2 Å². The van der Waals surface area contributed by atoms with Crippen molar-refractivity contribution in [3.05, 3.63) is 139 Å². The fourth-order valence-electron chi connectivity index (χ4n) is 10.7. The van der Waals surface area contributed by atoms with E-state index in [1.54, 1.807) is 47.7 Å². The number of benzene rings is 4. The second-order valence-corrected chi connectivity index (χ2v) is 23.3. The van der Waals surface area contributed by atoms with Crippen molar-refractivity contribution in [2.45, 2.75) is 129 Å². The summed E-state index contributed by atoms with van der Waals surface area (Å²) in [6.07, 6.45) is -6.92. The molecule has 9 atom stereocenters. The highest BCUT2D eigenvalue weighted by Crippen LogP contribution is 2.57. The predicted molar refractivity (Wildman–Crippen MR) is 322 cm³/mol. The lowest BCUT2D eigenvalue weighted by atomic mass is 9.80. The van der Waals surface area contributed by atoms with Crippen LogP contribution in [0.4, 0.5) is 5.82 Å². The first kappa shape index (κ1) is 68.0. The largest absolute Gasteiger partial charge is 0.497 e. The summed E-state index contributed by atoms with van der Waals surface area (Å²) in [4.78, 5) is 75.7. The van der Waals surface area contributed by atoms with Gasteiger partial charge in [-0.05, 0) is 80.8 Å². The van der Waals surface area contributed by atoms with Crippen LogP contribution in [-0.2, 0) is 85.8 Å². The molecule has 4 heterocycles. The van der Waals surface area contributed by atoms with Crippen LogP contribution in [0.25, 0.3) is 11.2 Å². The van der Waals surface area contributed by atoms with E-state index in [-0.39, 0.29) is 57.4 Å². The minimum Gasteiger partial charge on any atom is -0.497 e. The summed E-state index contributed by atoms with van der Waals surface area (Å²) in [7, 11) is -1.20. The van der Waals surface area contributed by atoms with Crippen LogP contribution in [0.3, 0.4) is 0 Å². The van der Waals surface area contributed by atoms with E-state index in [1.165, 1.54) is 19.6 Å². The highest BCUT2D eigenvalue weighted by atomic mass is 31.2. The number of carbonyl (C=O) groups is 5. The highest BCUT2D eigenvalue weighted by Gasteiger charge is 2.53. The maximum absolute atomic E-state index is 16.0. The van der Waals surface area contributed by atoms with Crippen molar-refractivity contribution in [2.75, 3.05) is 65.8 Å². The van der Waals surface area contributed by atoms with Crippen LogP contribution in [0, 0.1) is 0 Å². The second-order valence-electron chi connectivity index (χ2n) is 21.4. The Hall–Kier alpha value is -7.91. The molecule has 27 heteroatoms. The van der Waals surface area contributed by atoms with Gasteiger partial charge in [-0.1, -0.05) is 72.8 Å². The standard InChI is InChI=1S/C63H77N6O20P/c1-39(2)69(40(3)4)90(75,83-32-30-78-29-31-79-62-59(86-44(8)73)58(85-43(7)72)57(84-42(6)71)53(88-62)34-80-41(5)70)89-51-33-55(68-38-66-56-60(64-37-65-61(56)68)67-54(74)36-81-50-19-15-12-16-20-50)87-52(51)35-82-63(45-17-13-11-14-18-45,46-21-25-48(76-9)26-22-46)47-23-27-49(77-10)28-24-47/h11-28,37-40,51-53,55,57-59,62H,29-36H2,1-10H3,(H,64,65,67,74)/t51-,52+,53+,55+,57-,58-,59+,62+,90?/m0/s1. The number of hydrogen-bond donors (Lipinski definition) is 1. The number of nitrogens with zero attached hydrogens (tertiary/aromatic N) is 5. The maximum atomic E-state index is 16.0. The molecule has 2 aliphatic heterocycles. The third-order valence-corrected chi connectivity index (χ3v) is 16.9. The number of hydrogen-bond acceptors (Lipinski definition) is 23. The molecule has 6 aromatic rings. The van der Waals surface area contributed by atoms with Gasteiger partial charge in [0.15, 0.2) is 48.2 Å². The zero-order chi connectivity index (χ0) is 64.5. The van der Waals surface area contributed by atoms with Gasteiger partial charge < -0.3 is 62.2 Å². The number of aromatic nitrogens is 4. The average molecular weight is 1270 g/mol. The molecule has 26 nitrogen and oxygen atoms in total. The number of fused-ring (bicyclic) bond motifs is 1. The van der Waals surface area contributed by atoms with E-state index >= 15 is 4.57 Å².